The molecule has 11 heteroatoms. The van der Waals surface area contributed by atoms with Crippen molar-refractivity contribution in [2.45, 2.75) is 74.4 Å². The van der Waals surface area contributed by atoms with E-state index in [4.69, 9.17) is 4.74 Å². The molecule has 3 fully saturated rings. The average Bonchev–Trinajstić information content (AvgIpc) is 3.46. The average molecular weight is 533 g/mol. The molecule has 3 aliphatic heterocycles. The predicted molar refractivity (Wildman–Crippen MR) is 129 cm³/mol. The van der Waals surface area contributed by atoms with Crippen LogP contribution in [0.1, 0.15) is 48.8 Å². The molecule has 8 nitrogen and oxygen atoms in total. The van der Waals surface area contributed by atoms with E-state index in [-0.39, 0.29) is 37.2 Å². The largest absolute Gasteiger partial charge is 0.504 e. The van der Waals surface area contributed by atoms with Gasteiger partial charge < -0.3 is 19.8 Å². The molecule has 7 rings (SSSR count). The van der Waals surface area contributed by atoms with Gasteiger partial charge in [-0.2, -0.15) is 18.3 Å². The highest BCUT2D eigenvalue weighted by molar-refractivity contribution is 5.76. The first-order chi connectivity index (χ1) is 18.1. The van der Waals surface area contributed by atoms with E-state index in [2.05, 4.69) is 10.00 Å². The number of phenolic OH excluding ortho intramolecular Hbond substituents is 1. The minimum Gasteiger partial charge on any atom is -0.504 e. The zero-order valence-electron chi connectivity index (χ0n) is 21.0. The van der Waals surface area contributed by atoms with Crippen LogP contribution in [0.3, 0.4) is 0 Å². The number of carbonyl (C=O) groups excluding carboxylic acids is 1. The Morgan fingerprint density at radius 2 is 2.03 bits per heavy atom. The fraction of sp³-hybridized carbons (Fsp3) is 0.630. The maximum absolute atomic E-state index is 13.3. The van der Waals surface area contributed by atoms with Crippen molar-refractivity contribution in [2.75, 3.05) is 26.2 Å². The first-order valence-corrected chi connectivity index (χ1v) is 13.5. The lowest BCUT2D eigenvalue weighted by atomic mass is 9.52. The zero-order chi connectivity index (χ0) is 26.4. The van der Waals surface area contributed by atoms with Crippen LogP contribution in [0.15, 0.2) is 24.5 Å². The number of hydrogen-bond donors (Lipinski definition) is 2. The molecule has 1 aromatic heterocycles. The van der Waals surface area contributed by atoms with Gasteiger partial charge in [0.1, 0.15) is 6.10 Å². The molecule has 4 atom stereocenters. The second kappa shape index (κ2) is 8.11. The van der Waals surface area contributed by atoms with Crippen molar-refractivity contribution in [1.82, 2.24) is 19.6 Å². The Hall–Kier alpha value is -2.79. The highest BCUT2D eigenvalue weighted by atomic mass is 19.4. The molecule has 204 valence electrons. The Balaban J connectivity index is 1.18. The smallest absolute Gasteiger partial charge is 0.419 e. The van der Waals surface area contributed by atoms with Crippen LogP contribution in [0, 0.1) is 5.92 Å². The molecular weight excluding hydrogens is 501 g/mol. The summed E-state index contributed by atoms with van der Waals surface area (Å²) in [7, 11) is 0. The summed E-state index contributed by atoms with van der Waals surface area (Å²) in [6, 6.07) is 3.50. The van der Waals surface area contributed by atoms with Crippen LogP contribution < -0.4 is 4.74 Å². The number of carbonyl (C=O) groups is 1. The van der Waals surface area contributed by atoms with Crippen LogP contribution in [-0.2, 0) is 29.4 Å². The quantitative estimate of drug-likeness (QED) is 0.616. The van der Waals surface area contributed by atoms with Crippen molar-refractivity contribution in [3.63, 3.8) is 0 Å². The van der Waals surface area contributed by atoms with Gasteiger partial charge in [-0.3, -0.25) is 14.4 Å². The zero-order valence-corrected chi connectivity index (χ0v) is 21.0. The van der Waals surface area contributed by atoms with E-state index in [0.717, 1.165) is 41.3 Å². The first-order valence-electron chi connectivity index (χ1n) is 13.5. The van der Waals surface area contributed by atoms with Gasteiger partial charge in [0.15, 0.2) is 11.5 Å². The number of amides is 1. The number of halogens is 3. The molecule has 2 N–H and O–H groups in total. The Labute approximate surface area is 218 Å². The summed E-state index contributed by atoms with van der Waals surface area (Å²) in [6.45, 7) is 2.39. The van der Waals surface area contributed by atoms with Crippen molar-refractivity contribution >= 4 is 5.91 Å². The lowest BCUT2D eigenvalue weighted by Crippen LogP contribution is -2.74. The number of aromatic nitrogens is 2. The number of ether oxygens (including phenoxy) is 1. The van der Waals surface area contributed by atoms with Crippen LogP contribution in [0.5, 0.6) is 11.5 Å². The monoisotopic (exact) mass is 532 g/mol. The number of likely N-dealkylation sites (tertiary alicyclic amines) is 2. The van der Waals surface area contributed by atoms with Gasteiger partial charge in [0, 0.05) is 43.9 Å². The van der Waals surface area contributed by atoms with Crippen molar-refractivity contribution in [3.05, 3.63) is 41.2 Å². The van der Waals surface area contributed by atoms with Gasteiger partial charge in [-0.15, -0.1) is 0 Å². The second-order valence-electron chi connectivity index (χ2n) is 11.7. The maximum atomic E-state index is 13.3. The number of nitrogens with zero attached hydrogens (tertiary/aromatic N) is 4. The van der Waals surface area contributed by atoms with Gasteiger partial charge in [0.2, 0.25) is 5.91 Å². The summed E-state index contributed by atoms with van der Waals surface area (Å²) in [6.07, 6.45) is 0.801. The normalized spacial score (nSPS) is 32.1. The van der Waals surface area contributed by atoms with Gasteiger partial charge in [-0.1, -0.05) is 6.07 Å². The van der Waals surface area contributed by atoms with E-state index in [1.807, 2.05) is 6.07 Å². The molecule has 5 aliphatic rings. The summed E-state index contributed by atoms with van der Waals surface area (Å²) < 4.78 is 46.3. The molecular formula is C27H31F3N4O4. The van der Waals surface area contributed by atoms with E-state index in [0.29, 0.717) is 37.5 Å². The van der Waals surface area contributed by atoms with Crippen molar-refractivity contribution < 1.29 is 32.9 Å². The van der Waals surface area contributed by atoms with Crippen molar-refractivity contribution in [2.24, 2.45) is 5.92 Å². The fourth-order valence-corrected chi connectivity index (χ4v) is 7.63. The highest BCUT2D eigenvalue weighted by Gasteiger charge is 2.71. The Bertz CT molecular complexity index is 1290. The van der Waals surface area contributed by atoms with E-state index < -0.39 is 28.9 Å². The Kier molecular flexibility index (Phi) is 5.18. The SMILES string of the molecule is O=C(CCn1cc(C(F)(F)F)cn1)N1CCC2(O)C3Cc4ccc(O)c5c4C2(CCN3CC2CC2)[C@@H](C1)O5. The van der Waals surface area contributed by atoms with E-state index in [1.54, 1.807) is 11.0 Å². The van der Waals surface area contributed by atoms with Gasteiger partial charge in [0.25, 0.3) is 0 Å². The van der Waals surface area contributed by atoms with Crippen LogP contribution in [-0.4, -0.2) is 79.6 Å². The molecule has 2 aromatic rings. The molecule has 38 heavy (non-hydrogen) atoms. The standard InChI is InChI=1S/C27H31F3N4O4/c28-27(29,30)18-12-31-34(14-18)8-5-22(36)33-10-7-26(37)20-11-17-3-4-19(35)24-23(17)25(26,21(15-33)38-24)6-9-32(20)13-16-1-2-16/h3-4,12,14,16,20-21,35,37H,1-2,5-11,13,15H2/t20?,21-,25?,26?/m1/s1. The van der Waals surface area contributed by atoms with Crippen LogP contribution >= 0.6 is 0 Å². The number of benzene rings is 1. The van der Waals surface area contributed by atoms with Crippen molar-refractivity contribution in [1.29, 1.82) is 0 Å². The molecule has 2 bridgehead atoms. The molecule has 3 unspecified atom stereocenters. The number of aromatic hydroxyl groups is 1. The molecule has 4 heterocycles. The van der Waals surface area contributed by atoms with E-state index >= 15 is 0 Å². The number of phenols is 1. The lowest BCUT2D eigenvalue weighted by molar-refractivity contribution is -0.162. The van der Waals surface area contributed by atoms with Gasteiger partial charge in [-0.25, -0.2) is 0 Å². The molecule has 1 spiro atoms. The lowest BCUT2D eigenvalue weighted by Gasteiger charge is -2.60. The maximum Gasteiger partial charge on any atom is 0.419 e. The topological polar surface area (TPSA) is 91.1 Å². The third kappa shape index (κ3) is 3.43. The minimum absolute atomic E-state index is 0.0161. The number of alkyl halides is 3. The molecule has 0 radical (unpaired) electrons. The predicted octanol–water partition coefficient (Wildman–Crippen LogP) is 2.70. The molecule has 1 saturated carbocycles. The second-order valence-corrected chi connectivity index (χ2v) is 11.7. The summed E-state index contributed by atoms with van der Waals surface area (Å²) in [4.78, 5) is 17.4. The number of hydrogen-bond acceptors (Lipinski definition) is 6. The Morgan fingerprint density at radius 3 is 2.76 bits per heavy atom. The van der Waals surface area contributed by atoms with Gasteiger partial charge in [-0.05, 0) is 56.2 Å². The number of aliphatic hydroxyl groups is 1. The molecule has 1 aromatic carbocycles. The summed E-state index contributed by atoms with van der Waals surface area (Å²) >= 11 is 0. The fourth-order valence-electron chi connectivity index (χ4n) is 7.63. The number of rotatable bonds is 5. The molecule has 1 amide bonds. The Morgan fingerprint density at radius 1 is 1.21 bits per heavy atom. The molecule has 2 aliphatic carbocycles. The minimum atomic E-state index is -4.48. The van der Waals surface area contributed by atoms with Crippen molar-refractivity contribution in [3.8, 4) is 11.5 Å². The van der Waals surface area contributed by atoms with Crippen LogP contribution in [0.25, 0.3) is 0 Å². The van der Waals surface area contributed by atoms with E-state index in [9.17, 15) is 28.2 Å². The summed E-state index contributed by atoms with van der Waals surface area (Å²) in [5, 5.41) is 27.1. The third-order valence-corrected chi connectivity index (χ3v) is 9.66. The first kappa shape index (κ1) is 24.3. The number of piperidine rings is 1. The number of aryl methyl sites for hydroxylation is 1. The third-order valence-electron chi connectivity index (χ3n) is 9.66. The summed E-state index contributed by atoms with van der Waals surface area (Å²) in [5.41, 5.74) is -0.707. The van der Waals surface area contributed by atoms with Crippen LogP contribution in [0.4, 0.5) is 13.2 Å². The highest BCUT2D eigenvalue weighted by Crippen LogP contribution is 2.63. The van der Waals surface area contributed by atoms with E-state index in [1.165, 1.54) is 12.8 Å². The van der Waals surface area contributed by atoms with Crippen LogP contribution in [0.2, 0.25) is 0 Å². The van der Waals surface area contributed by atoms with Gasteiger partial charge >= 0.3 is 6.18 Å². The summed E-state index contributed by atoms with van der Waals surface area (Å²) in [5.74, 6) is 0.917. The molecule has 2 saturated heterocycles. The van der Waals surface area contributed by atoms with Gasteiger partial charge in [0.05, 0.1) is 29.3 Å².